The number of benzene rings is 2. The normalized spacial score (nSPS) is 25.3. The van der Waals surface area contributed by atoms with E-state index in [2.05, 4.69) is 63.2 Å². The van der Waals surface area contributed by atoms with E-state index in [4.69, 9.17) is 5.73 Å². The highest BCUT2D eigenvalue weighted by molar-refractivity contribution is 5.49. The molecule has 1 aliphatic carbocycles. The fourth-order valence-corrected chi connectivity index (χ4v) is 3.58. The van der Waals surface area contributed by atoms with E-state index in [1.54, 1.807) is 0 Å². The molecule has 2 atom stereocenters. The Morgan fingerprint density at radius 3 is 2.50 bits per heavy atom. The number of fused-ring (bicyclic) bond motifs is 1. The Balaban J connectivity index is 2.23. The van der Waals surface area contributed by atoms with Crippen LogP contribution in [-0.2, 0) is 5.54 Å². The van der Waals surface area contributed by atoms with Crippen LogP contribution >= 0.6 is 0 Å². The SMILES string of the molecule is Cc1cccc(C2(N)CCC(C)c3ccccc32)c1C. The van der Waals surface area contributed by atoms with Crippen molar-refractivity contribution < 1.29 is 0 Å². The molecule has 0 heterocycles. The minimum absolute atomic E-state index is 0.334. The van der Waals surface area contributed by atoms with E-state index < -0.39 is 0 Å². The molecule has 0 radical (unpaired) electrons. The second kappa shape index (κ2) is 4.75. The summed E-state index contributed by atoms with van der Waals surface area (Å²) in [7, 11) is 0. The van der Waals surface area contributed by atoms with E-state index in [-0.39, 0.29) is 5.54 Å². The summed E-state index contributed by atoms with van der Waals surface area (Å²) in [6, 6.07) is 15.2. The average Bonchev–Trinajstić information content (AvgIpc) is 2.46. The van der Waals surface area contributed by atoms with Gasteiger partial charge in [0, 0.05) is 0 Å². The lowest BCUT2D eigenvalue weighted by Crippen LogP contribution is -2.42. The lowest BCUT2D eigenvalue weighted by molar-refractivity contribution is 0.410. The fourth-order valence-electron chi connectivity index (χ4n) is 3.58. The van der Waals surface area contributed by atoms with Crippen LogP contribution in [0, 0.1) is 13.8 Å². The van der Waals surface area contributed by atoms with Gasteiger partial charge in [-0.3, -0.25) is 0 Å². The third-order valence-electron chi connectivity index (χ3n) is 5.03. The maximum atomic E-state index is 6.92. The Hall–Kier alpha value is -1.60. The number of nitrogens with two attached hydrogens (primary N) is 1. The average molecular weight is 265 g/mol. The second-order valence-electron chi connectivity index (χ2n) is 6.25. The van der Waals surface area contributed by atoms with E-state index in [1.807, 2.05) is 0 Å². The molecule has 2 aromatic rings. The first kappa shape index (κ1) is 13.4. The standard InChI is InChI=1S/C19H23N/c1-13-7-6-10-17(15(13)3)19(20)12-11-14(2)16-8-4-5-9-18(16)19/h4-10,14H,11-12,20H2,1-3H3. The lowest BCUT2D eigenvalue weighted by Gasteiger charge is -2.40. The molecule has 0 spiro atoms. The predicted molar refractivity (Wildman–Crippen MR) is 85.0 cm³/mol. The molecular weight excluding hydrogens is 242 g/mol. The number of rotatable bonds is 1. The van der Waals surface area contributed by atoms with Crippen LogP contribution in [0.25, 0.3) is 0 Å². The molecule has 3 rings (SSSR count). The quantitative estimate of drug-likeness (QED) is 0.812. The Bertz CT molecular complexity index is 644. The summed E-state index contributed by atoms with van der Waals surface area (Å²) in [5, 5.41) is 0. The summed E-state index contributed by atoms with van der Waals surface area (Å²) in [4.78, 5) is 0. The largest absolute Gasteiger partial charge is 0.318 e. The van der Waals surface area contributed by atoms with Crippen LogP contribution in [0.2, 0.25) is 0 Å². The molecule has 0 aliphatic heterocycles. The van der Waals surface area contributed by atoms with Crippen molar-refractivity contribution in [2.45, 2.75) is 45.1 Å². The molecule has 2 aromatic carbocycles. The van der Waals surface area contributed by atoms with E-state index in [1.165, 1.54) is 27.8 Å². The maximum Gasteiger partial charge on any atom is 0.0671 e. The summed E-state index contributed by atoms with van der Waals surface area (Å²) in [5.74, 6) is 0.605. The van der Waals surface area contributed by atoms with Crippen LogP contribution in [0.15, 0.2) is 42.5 Å². The smallest absolute Gasteiger partial charge is 0.0671 e. The Morgan fingerprint density at radius 2 is 1.70 bits per heavy atom. The summed E-state index contributed by atoms with van der Waals surface area (Å²) >= 11 is 0. The molecular formula is C19H23N. The molecule has 0 amide bonds. The molecule has 0 fully saturated rings. The van der Waals surface area contributed by atoms with E-state index in [9.17, 15) is 0 Å². The van der Waals surface area contributed by atoms with Crippen LogP contribution < -0.4 is 5.73 Å². The Labute approximate surface area is 121 Å². The van der Waals surface area contributed by atoms with Crippen molar-refractivity contribution in [1.29, 1.82) is 0 Å². The van der Waals surface area contributed by atoms with Gasteiger partial charge in [-0.2, -0.15) is 0 Å². The molecule has 1 heteroatoms. The van der Waals surface area contributed by atoms with Crippen molar-refractivity contribution in [3.05, 3.63) is 70.3 Å². The van der Waals surface area contributed by atoms with Crippen molar-refractivity contribution in [3.63, 3.8) is 0 Å². The van der Waals surface area contributed by atoms with Gasteiger partial charge in [-0.25, -0.2) is 0 Å². The van der Waals surface area contributed by atoms with E-state index >= 15 is 0 Å². The van der Waals surface area contributed by atoms with Crippen molar-refractivity contribution in [2.24, 2.45) is 5.73 Å². The van der Waals surface area contributed by atoms with Crippen molar-refractivity contribution in [1.82, 2.24) is 0 Å². The highest BCUT2D eigenvalue weighted by Gasteiger charge is 2.37. The molecule has 1 aliphatic rings. The molecule has 1 nitrogen and oxygen atoms in total. The Kier molecular flexibility index (Phi) is 3.18. The van der Waals surface area contributed by atoms with Crippen LogP contribution in [0.5, 0.6) is 0 Å². The lowest BCUT2D eigenvalue weighted by atomic mass is 9.68. The molecule has 0 saturated heterocycles. The molecule has 2 N–H and O–H groups in total. The van der Waals surface area contributed by atoms with Crippen molar-refractivity contribution in [2.75, 3.05) is 0 Å². The van der Waals surface area contributed by atoms with Gasteiger partial charge in [0.1, 0.15) is 0 Å². The van der Waals surface area contributed by atoms with Gasteiger partial charge >= 0.3 is 0 Å². The maximum absolute atomic E-state index is 6.92. The van der Waals surface area contributed by atoms with E-state index in [0.717, 1.165) is 12.8 Å². The van der Waals surface area contributed by atoms with Gasteiger partial charge in [-0.05, 0) is 60.4 Å². The molecule has 20 heavy (non-hydrogen) atoms. The molecule has 0 aromatic heterocycles. The first-order valence-corrected chi connectivity index (χ1v) is 7.49. The third-order valence-corrected chi connectivity index (χ3v) is 5.03. The third kappa shape index (κ3) is 1.89. The van der Waals surface area contributed by atoms with Gasteiger partial charge in [0.15, 0.2) is 0 Å². The number of hydrogen-bond acceptors (Lipinski definition) is 1. The first-order chi connectivity index (χ1) is 9.54. The molecule has 2 unspecified atom stereocenters. The van der Waals surface area contributed by atoms with Crippen LogP contribution in [0.1, 0.15) is 53.5 Å². The first-order valence-electron chi connectivity index (χ1n) is 7.49. The highest BCUT2D eigenvalue weighted by atomic mass is 14.8. The molecule has 0 bridgehead atoms. The van der Waals surface area contributed by atoms with E-state index in [0.29, 0.717) is 5.92 Å². The zero-order chi connectivity index (χ0) is 14.3. The number of aryl methyl sites for hydroxylation is 1. The Morgan fingerprint density at radius 1 is 1.00 bits per heavy atom. The summed E-state index contributed by atoms with van der Waals surface area (Å²) in [6.45, 7) is 6.67. The highest BCUT2D eigenvalue weighted by Crippen LogP contribution is 2.44. The van der Waals surface area contributed by atoms with Crippen LogP contribution in [0.4, 0.5) is 0 Å². The van der Waals surface area contributed by atoms with Crippen LogP contribution in [-0.4, -0.2) is 0 Å². The minimum Gasteiger partial charge on any atom is -0.318 e. The van der Waals surface area contributed by atoms with Crippen LogP contribution in [0.3, 0.4) is 0 Å². The summed E-state index contributed by atoms with van der Waals surface area (Å²) in [6.07, 6.45) is 2.18. The molecule has 0 saturated carbocycles. The summed E-state index contributed by atoms with van der Waals surface area (Å²) < 4.78 is 0. The molecule has 104 valence electrons. The predicted octanol–water partition coefficient (Wildman–Crippen LogP) is 4.40. The van der Waals surface area contributed by atoms with Gasteiger partial charge in [0.2, 0.25) is 0 Å². The van der Waals surface area contributed by atoms with Crippen molar-refractivity contribution >= 4 is 0 Å². The summed E-state index contributed by atoms with van der Waals surface area (Å²) in [5.41, 5.74) is 13.3. The van der Waals surface area contributed by atoms with Gasteiger partial charge in [-0.1, -0.05) is 49.4 Å². The van der Waals surface area contributed by atoms with Gasteiger partial charge < -0.3 is 5.73 Å². The number of hydrogen-bond donors (Lipinski definition) is 1. The van der Waals surface area contributed by atoms with Gasteiger partial charge in [0.25, 0.3) is 0 Å². The minimum atomic E-state index is -0.334. The van der Waals surface area contributed by atoms with Crippen molar-refractivity contribution in [3.8, 4) is 0 Å². The monoisotopic (exact) mass is 265 g/mol. The fraction of sp³-hybridized carbons (Fsp3) is 0.368. The van der Waals surface area contributed by atoms with Gasteiger partial charge in [-0.15, -0.1) is 0 Å². The topological polar surface area (TPSA) is 26.0 Å². The van der Waals surface area contributed by atoms with Gasteiger partial charge in [0.05, 0.1) is 5.54 Å². The zero-order valence-electron chi connectivity index (χ0n) is 12.6. The second-order valence-corrected chi connectivity index (χ2v) is 6.25. The zero-order valence-corrected chi connectivity index (χ0v) is 12.6.